The van der Waals surface area contributed by atoms with Gasteiger partial charge in [0, 0.05) is 5.33 Å². The molecule has 0 saturated carbocycles. The summed E-state index contributed by atoms with van der Waals surface area (Å²) in [4.78, 5) is 11.9. The molecule has 0 spiro atoms. The SMILES string of the molecule is CCOC(=O)C(C)(C)Oc1c(C)cc(CCCBr)cc1C. The van der Waals surface area contributed by atoms with E-state index in [9.17, 15) is 4.79 Å². The lowest BCUT2D eigenvalue weighted by Gasteiger charge is -2.26. The van der Waals surface area contributed by atoms with Crippen LogP contribution in [0.5, 0.6) is 5.75 Å². The van der Waals surface area contributed by atoms with Crippen molar-refractivity contribution in [1.29, 1.82) is 0 Å². The maximum atomic E-state index is 11.9. The normalized spacial score (nSPS) is 11.3. The van der Waals surface area contributed by atoms with Gasteiger partial charge in [0.25, 0.3) is 0 Å². The lowest BCUT2D eigenvalue weighted by Crippen LogP contribution is -2.40. The second-order valence-corrected chi connectivity index (χ2v) is 6.48. The molecule has 118 valence electrons. The molecule has 0 aliphatic heterocycles. The minimum absolute atomic E-state index is 0.341. The first-order chi connectivity index (χ1) is 9.81. The summed E-state index contributed by atoms with van der Waals surface area (Å²) in [6.07, 6.45) is 2.14. The number of aryl methyl sites for hydroxylation is 3. The molecule has 4 heteroatoms. The summed E-state index contributed by atoms with van der Waals surface area (Å²) in [6, 6.07) is 4.26. The maximum absolute atomic E-state index is 11.9. The Balaban J connectivity index is 2.96. The van der Waals surface area contributed by atoms with E-state index in [0.717, 1.165) is 35.0 Å². The Morgan fingerprint density at radius 1 is 1.24 bits per heavy atom. The standard InChI is InChI=1S/C17H25BrO3/c1-6-20-16(19)17(4,5)21-15-12(2)10-14(8-7-9-18)11-13(15)3/h10-11H,6-9H2,1-5H3. The van der Waals surface area contributed by atoms with Gasteiger partial charge in [-0.05, 0) is 64.2 Å². The molecule has 21 heavy (non-hydrogen) atoms. The average molecular weight is 357 g/mol. The van der Waals surface area contributed by atoms with Crippen LogP contribution >= 0.6 is 15.9 Å². The molecule has 1 rings (SSSR count). The molecule has 0 aliphatic carbocycles. The lowest BCUT2D eigenvalue weighted by molar-refractivity contribution is -0.158. The molecule has 0 atom stereocenters. The first kappa shape index (κ1) is 18.0. The Kier molecular flexibility index (Phi) is 6.72. The van der Waals surface area contributed by atoms with E-state index in [-0.39, 0.29) is 5.97 Å². The topological polar surface area (TPSA) is 35.5 Å². The number of carbonyl (C=O) groups is 1. The zero-order valence-corrected chi connectivity index (χ0v) is 15.2. The van der Waals surface area contributed by atoms with Crippen LogP contribution in [-0.2, 0) is 16.0 Å². The van der Waals surface area contributed by atoms with Crippen molar-refractivity contribution in [3.63, 3.8) is 0 Å². The molecular formula is C17H25BrO3. The van der Waals surface area contributed by atoms with Crippen LogP contribution in [0.25, 0.3) is 0 Å². The number of ether oxygens (including phenoxy) is 2. The molecule has 3 nitrogen and oxygen atoms in total. The summed E-state index contributed by atoms with van der Waals surface area (Å²) < 4.78 is 11.0. The van der Waals surface area contributed by atoms with E-state index in [0.29, 0.717) is 6.61 Å². The predicted octanol–water partition coefficient (Wildman–Crippen LogP) is 4.35. The van der Waals surface area contributed by atoms with Crippen molar-refractivity contribution < 1.29 is 14.3 Å². The molecule has 0 fully saturated rings. The second-order valence-electron chi connectivity index (χ2n) is 5.68. The van der Waals surface area contributed by atoms with Crippen molar-refractivity contribution >= 4 is 21.9 Å². The van der Waals surface area contributed by atoms with Gasteiger partial charge in [-0.3, -0.25) is 0 Å². The van der Waals surface area contributed by atoms with Crippen molar-refractivity contribution in [2.45, 2.75) is 53.1 Å². The summed E-state index contributed by atoms with van der Waals surface area (Å²) in [5.41, 5.74) is 2.42. The Morgan fingerprint density at radius 3 is 2.29 bits per heavy atom. The van der Waals surface area contributed by atoms with E-state index in [1.54, 1.807) is 20.8 Å². The summed E-state index contributed by atoms with van der Waals surface area (Å²) in [6.45, 7) is 9.66. The van der Waals surface area contributed by atoms with Crippen LogP contribution in [0.15, 0.2) is 12.1 Å². The molecule has 0 N–H and O–H groups in total. The minimum Gasteiger partial charge on any atom is -0.476 e. The van der Waals surface area contributed by atoms with Crippen molar-refractivity contribution in [3.05, 3.63) is 28.8 Å². The molecule has 1 aromatic rings. The van der Waals surface area contributed by atoms with E-state index in [2.05, 4.69) is 28.1 Å². The van der Waals surface area contributed by atoms with E-state index in [1.165, 1.54) is 5.56 Å². The highest BCUT2D eigenvalue weighted by Gasteiger charge is 2.32. The zero-order chi connectivity index (χ0) is 16.0. The van der Waals surface area contributed by atoms with Crippen LogP contribution in [0.1, 0.15) is 43.9 Å². The quantitative estimate of drug-likeness (QED) is 0.538. The van der Waals surface area contributed by atoms with Gasteiger partial charge in [0.05, 0.1) is 6.61 Å². The van der Waals surface area contributed by atoms with Crippen molar-refractivity contribution in [2.75, 3.05) is 11.9 Å². The van der Waals surface area contributed by atoms with Crippen LogP contribution in [0.4, 0.5) is 0 Å². The minimum atomic E-state index is -0.983. The van der Waals surface area contributed by atoms with E-state index in [1.807, 2.05) is 13.8 Å². The highest BCUT2D eigenvalue weighted by Crippen LogP contribution is 2.29. The Bertz CT molecular complexity index is 472. The fourth-order valence-electron chi connectivity index (χ4n) is 2.22. The molecule has 0 bridgehead atoms. The smallest absolute Gasteiger partial charge is 0.349 e. The number of benzene rings is 1. The zero-order valence-electron chi connectivity index (χ0n) is 13.6. The van der Waals surface area contributed by atoms with Gasteiger partial charge in [-0.15, -0.1) is 0 Å². The molecule has 0 amide bonds. The third-order valence-corrected chi connectivity index (χ3v) is 3.80. The molecule has 0 aromatic heterocycles. The molecule has 1 aromatic carbocycles. The summed E-state index contributed by atoms with van der Waals surface area (Å²) >= 11 is 3.45. The maximum Gasteiger partial charge on any atom is 0.349 e. The first-order valence-electron chi connectivity index (χ1n) is 7.34. The fraction of sp³-hybridized carbons (Fsp3) is 0.588. The molecular weight excluding hydrogens is 332 g/mol. The van der Waals surface area contributed by atoms with Crippen LogP contribution in [0, 0.1) is 13.8 Å². The largest absolute Gasteiger partial charge is 0.476 e. The van der Waals surface area contributed by atoms with E-state index < -0.39 is 5.60 Å². The molecule has 0 heterocycles. The van der Waals surface area contributed by atoms with Crippen LogP contribution in [-0.4, -0.2) is 23.5 Å². The van der Waals surface area contributed by atoms with Crippen LogP contribution in [0.3, 0.4) is 0 Å². The highest BCUT2D eigenvalue weighted by atomic mass is 79.9. The Labute approximate surface area is 136 Å². The van der Waals surface area contributed by atoms with Crippen LogP contribution < -0.4 is 4.74 Å². The van der Waals surface area contributed by atoms with Gasteiger partial charge in [-0.25, -0.2) is 4.79 Å². The number of carbonyl (C=O) groups excluding carboxylic acids is 1. The monoisotopic (exact) mass is 356 g/mol. The van der Waals surface area contributed by atoms with Crippen LogP contribution in [0.2, 0.25) is 0 Å². The summed E-state index contributed by atoms with van der Waals surface area (Å²) in [5, 5.41) is 0.999. The van der Waals surface area contributed by atoms with Gasteiger partial charge in [0.15, 0.2) is 5.60 Å². The van der Waals surface area contributed by atoms with Gasteiger partial charge < -0.3 is 9.47 Å². The van der Waals surface area contributed by atoms with Gasteiger partial charge in [0.1, 0.15) is 5.75 Å². The number of halogens is 1. The molecule has 0 aliphatic rings. The second kappa shape index (κ2) is 7.83. The summed E-state index contributed by atoms with van der Waals surface area (Å²) in [5.74, 6) is 0.433. The van der Waals surface area contributed by atoms with Gasteiger partial charge >= 0.3 is 5.97 Å². The predicted molar refractivity (Wildman–Crippen MR) is 89.4 cm³/mol. The number of rotatable bonds is 7. The van der Waals surface area contributed by atoms with Gasteiger partial charge in [0.2, 0.25) is 0 Å². The van der Waals surface area contributed by atoms with Gasteiger partial charge in [-0.2, -0.15) is 0 Å². The number of esters is 1. The lowest BCUT2D eigenvalue weighted by atomic mass is 10.0. The van der Waals surface area contributed by atoms with Crippen molar-refractivity contribution in [3.8, 4) is 5.75 Å². The Morgan fingerprint density at radius 2 is 1.81 bits per heavy atom. The molecule has 0 unspecified atom stereocenters. The molecule has 0 radical (unpaired) electrons. The number of hydrogen-bond acceptors (Lipinski definition) is 3. The third-order valence-electron chi connectivity index (χ3n) is 3.24. The fourth-order valence-corrected chi connectivity index (χ4v) is 2.50. The molecule has 0 saturated heterocycles. The summed E-state index contributed by atoms with van der Waals surface area (Å²) in [7, 11) is 0. The first-order valence-corrected chi connectivity index (χ1v) is 8.46. The van der Waals surface area contributed by atoms with Crippen molar-refractivity contribution in [1.82, 2.24) is 0 Å². The van der Waals surface area contributed by atoms with Crippen molar-refractivity contribution in [2.24, 2.45) is 0 Å². The van der Waals surface area contributed by atoms with Gasteiger partial charge in [-0.1, -0.05) is 28.1 Å². The Hall–Kier alpha value is -1.03. The van der Waals surface area contributed by atoms with E-state index >= 15 is 0 Å². The number of hydrogen-bond donors (Lipinski definition) is 0. The average Bonchev–Trinajstić information content (AvgIpc) is 2.41. The van der Waals surface area contributed by atoms with E-state index in [4.69, 9.17) is 9.47 Å². The third kappa shape index (κ3) is 5.03. The highest BCUT2D eigenvalue weighted by molar-refractivity contribution is 9.09. The number of alkyl halides is 1.